The number of rotatable bonds is 6. The first-order chi connectivity index (χ1) is 17.3. The molecule has 2 amide bonds. The summed E-state index contributed by atoms with van der Waals surface area (Å²) in [7, 11) is 0. The van der Waals surface area contributed by atoms with Gasteiger partial charge in [0.2, 0.25) is 0 Å². The van der Waals surface area contributed by atoms with Crippen LogP contribution in [0.25, 0.3) is 0 Å². The van der Waals surface area contributed by atoms with Crippen molar-refractivity contribution in [2.75, 3.05) is 11.5 Å². The van der Waals surface area contributed by atoms with E-state index < -0.39 is 36.4 Å². The van der Waals surface area contributed by atoms with Gasteiger partial charge in [-0.05, 0) is 49.4 Å². The molecule has 2 saturated carbocycles. The van der Waals surface area contributed by atoms with Crippen LogP contribution in [0.4, 0.5) is 24.1 Å². The Labute approximate surface area is 206 Å². The third-order valence-electron chi connectivity index (χ3n) is 7.12. The maximum atomic E-state index is 14.1. The summed E-state index contributed by atoms with van der Waals surface area (Å²) in [5.41, 5.74) is 1.41. The van der Waals surface area contributed by atoms with E-state index in [9.17, 15) is 23.2 Å². The number of nitrogens with zero attached hydrogens (tertiary/aromatic N) is 2. The Balaban J connectivity index is 1.44. The molecule has 2 fully saturated rings. The van der Waals surface area contributed by atoms with Gasteiger partial charge in [-0.25, -0.2) is 23.2 Å². The number of carbonyl (C=O) groups excluding carboxylic acids is 2. The number of hydrogen-bond donors (Lipinski definition) is 1. The van der Waals surface area contributed by atoms with Crippen molar-refractivity contribution in [3.8, 4) is 0 Å². The van der Waals surface area contributed by atoms with Crippen LogP contribution in [0.15, 0.2) is 42.5 Å². The van der Waals surface area contributed by atoms with E-state index in [1.54, 1.807) is 21.9 Å². The van der Waals surface area contributed by atoms with Crippen LogP contribution in [0.1, 0.15) is 49.3 Å². The number of carbonyl (C=O) groups is 3. The highest BCUT2D eigenvalue weighted by Crippen LogP contribution is 2.52. The number of benzene rings is 2. The number of anilines is 1. The second-order valence-electron chi connectivity index (χ2n) is 9.41. The van der Waals surface area contributed by atoms with Gasteiger partial charge in [0.15, 0.2) is 6.61 Å². The summed E-state index contributed by atoms with van der Waals surface area (Å²) in [5, 5.41) is 8.98. The molecule has 5 rings (SSSR count). The van der Waals surface area contributed by atoms with Crippen LogP contribution in [0.2, 0.25) is 0 Å². The average molecular weight is 500 g/mol. The van der Waals surface area contributed by atoms with Gasteiger partial charge in [0.05, 0.1) is 11.7 Å². The molecule has 2 aromatic carbocycles. The Bertz CT molecular complexity index is 1190. The Hall–Kier alpha value is -3.69. The number of ether oxygens (including phenoxy) is 2. The normalized spacial score (nSPS) is 22.4. The van der Waals surface area contributed by atoms with Crippen molar-refractivity contribution in [3.63, 3.8) is 0 Å². The van der Waals surface area contributed by atoms with Crippen LogP contribution in [0.5, 0.6) is 0 Å². The van der Waals surface area contributed by atoms with Crippen molar-refractivity contribution in [1.82, 2.24) is 4.90 Å². The highest BCUT2D eigenvalue weighted by Gasteiger charge is 2.52. The average Bonchev–Trinajstić information content (AvgIpc) is 3.57. The van der Waals surface area contributed by atoms with Gasteiger partial charge in [-0.3, -0.25) is 9.80 Å². The van der Waals surface area contributed by atoms with Gasteiger partial charge in [-0.2, -0.15) is 0 Å². The third-order valence-corrected chi connectivity index (χ3v) is 7.12. The maximum absolute atomic E-state index is 14.1. The largest absolute Gasteiger partial charge is 0.479 e. The Morgan fingerprint density at radius 3 is 2.53 bits per heavy atom. The highest BCUT2D eigenvalue weighted by atomic mass is 19.1. The molecule has 36 heavy (non-hydrogen) atoms. The first-order valence-corrected chi connectivity index (χ1v) is 12.0. The van der Waals surface area contributed by atoms with Gasteiger partial charge < -0.3 is 14.6 Å². The number of carboxylic acids is 1. The van der Waals surface area contributed by atoms with Crippen LogP contribution in [-0.2, 0) is 20.9 Å². The molecular weight excluding hydrogens is 474 g/mol. The van der Waals surface area contributed by atoms with E-state index in [0.29, 0.717) is 12.1 Å². The molecule has 0 spiro atoms. The quantitative estimate of drug-likeness (QED) is 0.599. The zero-order chi connectivity index (χ0) is 25.4. The predicted molar refractivity (Wildman–Crippen MR) is 123 cm³/mol. The third kappa shape index (κ3) is 4.59. The van der Waals surface area contributed by atoms with E-state index in [4.69, 9.17) is 14.6 Å². The molecule has 2 aliphatic carbocycles. The van der Waals surface area contributed by atoms with Crippen LogP contribution in [0, 0.1) is 17.6 Å². The molecule has 1 heterocycles. The minimum Gasteiger partial charge on any atom is -0.479 e. The molecular formula is C26H26F2N2O6. The number of amides is 2. The molecule has 2 aromatic rings. The summed E-state index contributed by atoms with van der Waals surface area (Å²) < 4.78 is 37.9. The van der Waals surface area contributed by atoms with Gasteiger partial charge >= 0.3 is 18.2 Å². The summed E-state index contributed by atoms with van der Waals surface area (Å²) in [6, 6.07) is 9.66. The van der Waals surface area contributed by atoms with E-state index in [0.717, 1.165) is 43.4 Å². The zero-order valence-corrected chi connectivity index (χ0v) is 19.4. The molecule has 0 bridgehead atoms. The number of aliphatic carboxylic acids is 1. The first kappa shape index (κ1) is 24.0. The zero-order valence-electron chi connectivity index (χ0n) is 19.4. The Morgan fingerprint density at radius 2 is 1.81 bits per heavy atom. The van der Waals surface area contributed by atoms with Crippen LogP contribution in [-0.4, -0.2) is 46.9 Å². The summed E-state index contributed by atoms with van der Waals surface area (Å²) in [4.78, 5) is 40.6. The smallest absolute Gasteiger partial charge is 0.414 e. The first-order valence-electron chi connectivity index (χ1n) is 12.0. The highest BCUT2D eigenvalue weighted by molar-refractivity contribution is 5.91. The number of halogens is 2. The molecule has 0 radical (unpaired) electrons. The molecule has 190 valence electrons. The molecule has 1 N–H and O–H groups in total. The fourth-order valence-corrected chi connectivity index (χ4v) is 5.50. The van der Waals surface area contributed by atoms with E-state index in [-0.39, 0.29) is 36.2 Å². The lowest BCUT2D eigenvalue weighted by Gasteiger charge is -2.46. The molecule has 3 unspecified atom stereocenters. The summed E-state index contributed by atoms with van der Waals surface area (Å²) in [5.74, 6) is -2.84. The van der Waals surface area contributed by atoms with Crippen molar-refractivity contribution >= 4 is 23.8 Å². The second kappa shape index (κ2) is 9.75. The molecule has 0 saturated heterocycles. The SMILES string of the molecule is O=C(O)COC(=O)N(C1CC1)C1c2ccccc2N(C(=O)OCc2ccc(F)cc2F)C2CCCC21. The van der Waals surface area contributed by atoms with Crippen LogP contribution >= 0.6 is 0 Å². The van der Waals surface area contributed by atoms with E-state index in [2.05, 4.69) is 0 Å². The van der Waals surface area contributed by atoms with E-state index in [1.165, 1.54) is 6.07 Å². The van der Waals surface area contributed by atoms with Gasteiger partial charge in [0, 0.05) is 29.6 Å². The van der Waals surface area contributed by atoms with Crippen LogP contribution in [0.3, 0.4) is 0 Å². The van der Waals surface area contributed by atoms with Gasteiger partial charge in [0.25, 0.3) is 0 Å². The lowest BCUT2D eigenvalue weighted by Crippen LogP contribution is -2.53. The standard InChI is InChI=1S/C26H26F2N2O6/c27-16-9-8-15(20(28)12-16)13-35-26(34)30-21-6-2-1-4-18(21)24(19-5-3-7-22(19)30)29(17-10-11-17)25(33)36-14-23(31)32/h1-2,4,6,8-9,12,17,19,22,24H,3,5,7,10-11,13-14H2,(H,31,32). The number of hydrogen-bond acceptors (Lipinski definition) is 5. The van der Waals surface area contributed by atoms with Crippen LogP contribution < -0.4 is 4.90 Å². The fourth-order valence-electron chi connectivity index (χ4n) is 5.50. The predicted octanol–water partition coefficient (Wildman–Crippen LogP) is 5.02. The van der Waals surface area contributed by atoms with Crippen molar-refractivity contribution in [3.05, 3.63) is 65.2 Å². The number of carboxylic acid groups (broad SMARTS) is 1. The minimum absolute atomic E-state index is 0.0504. The van der Waals surface area contributed by atoms with Crippen molar-refractivity contribution < 1.29 is 37.7 Å². The molecule has 3 atom stereocenters. The lowest BCUT2D eigenvalue weighted by molar-refractivity contribution is -0.140. The molecule has 0 aromatic heterocycles. The topological polar surface area (TPSA) is 96.4 Å². The summed E-state index contributed by atoms with van der Waals surface area (Å²) >= 11 is 0. The molecule has 10 heteroatoms. The van der Waals surface area contributed by atoms with Gasteiger partial charge in [0.1, 0.15) is 18.2 Å². The Morgan fingerprint density at radius 1 is 1.03 bits per heavy atom. The van der Waals surface area contributed by atoms with Crippen molar-refractivity contribution in [1.29, 1.82) is 0 Å². The lowest BCUT2D eigenvalue weighted by atomic mass is 9.82. The molecule has 3 aliphatic rings. The van der Waals surface area contributed by atoms with Gasteiger partial charge in [-0.1, -0.05) is 24.6 Å². The summed E-state index contributed by atoms with van der Waals surface area (Å²) in [6.45, 7) is -1.07. The Kier molecular flexibility index (Phi) is 6.51. The van der Waals surface area contributed by atoms with Crippen molar-refractivity contribution in [2.45, 2.75) is 56.8 Å². The minimum atomic E-state index is -1.23. The maximum Gasteiger partial charge on any atom is 0.414 e. The van der Waals surface area contributed by atoms with Crippen molar-refractivity contribution in [2.24, 2.45) is 5.92 Å². The number of para-hydroxylation sites is 1. The second-order valence-corrected chi connectivity index (χ2v) is 9.41. The monoisotopic (exact) mass is 500 g/mol. The fraction of sp³-hybridized carbons (Fsp3) is 0.423. The summed E-state index contributed by atoms with van der Waals surface area (Å²) in [6.07, 6.45) is 2.56. The molecule has 1 aliphatic heterocycles. The van der Waals surface area contributed by atoms with Gasteiger partial charge in [-0.15, -0.1) is 0 Å². The van der Waals surface area contributed by atoms with E-state index in [1.807, 2.05) is 12.1 Å². The van der Waals surface area contributed by atoms with E-state index >= 15 is 0 Å². The number of fused-ring (bicyclic) bond motifs is 2. The molecule has 8 nitrogen and oxygen atoms in total.